The molecule has 0 bridgehead atoms. The van der Waals surface area contributed by atoms with Gasteiger partial charge >= 0.3 is 0 Å². The average molecular weight is 407 g/mol. The van der Waals surface area contributed by atoms with Crippen molar-refractivity contribution >= 4 is 24.2 Å². The summed E-state index contributed by atoms with van der Waals surface area (Å²) in [7, 11) is 1.68. The summed E-state index contributed by atoms with van der Waals surface area (Å²) in [6, 6.07) is 19.3. The lowest BCUT2D eigenvalue weighted by molar-refractivity contribution is 0.304. The quantitative estimate of drug-likeness (QED) is 0.455. The molecule has 0 aliphatic heterocycles. The van der Waals surface area contributed by atoms with Crippen molar-refractivity contribution in [1.29, 1.82) is 0 Å². The predicted molar refractivity (Wildman–Crippen MR) is 123 cm³/mol. The summed E-state index contributed by atoms with van der Waals surface area (Å²) >= 11 is 0. The second kappa shape index (κ2) is 11.6. The van der Waals surface area contributed by atoms with Crippen LogP contribution in [0.25, 0.3) is 0 Å². The molecular formula is C25H34OSi2. The highest BCUT2D eigenvalue weighted by Gasteiger charge is 2.21. The Labute approximate surface area is 176 Å². The lowest BCUT2D eigenvalue weighted by Crippen LogP contribution is -2.18. The van der Waals surface area contributed by atoms with Gasteiger partial charge in [-0.2, -0.15) is 0 Å². The Hall–Kier alpha value is -1.33. The highest BCUT2D eigenvalue weighted by molar-refractivity contribution is 6.52. The molecule has 1 aliphatic rings. The molecule has 2 aromatic rings. The third-order valence-corrected chi connectivity index (χ3v) is 7.76. The molecule has 1 nitrogen and oxygen atoms in total. The summed E-state index contributed by atoms with van der Waals surface area (Å²) in [6.45, 7) is 4.48. The van der Waals surface area contributed by atoms with Crippen molar-refractivity contribution in [1.82, 2.24) is 0 Å². The number of rotatable bonds is 10. The third-order valence-electron chi connectivity index (χ3n) is 6.00. The largest absolute Gasteiger partial charge is 0.498 e. The lowest BCUT2D eigenvalue weighted by atomic mass is 9.77. The smallest absolute Gasteiger partial charge is 0.118 e. The number of unbranched alkanes of at least 4 members (excludes halogenated alkanes) is 1. The van der Waals surface area contributed by atoms with Crippen LogP contribution in [0.5, 0.6) is 5.75 Å². The minimum atomic E-state index is 0.798. The molecule has 3 rings (SSSR count). The molecule has 0 amide bonds. The molecule has 148 valence electrons. The van der Waals surface area contributed by atoms with Gasteiger partial charge in [0.25, 0.3) is 0 Å². The molecule has 1 saturated carbocycles. The van der Waals surface area contributed by atoms with Crippen molar-refractivity contribution < 1.29 is 4.74 Å². The fraction of sp³-hybridized carbons (Fsp3) is 0.520. The number of benzene rings is 2. The Morgan fingerprint density at radius 2 is 1.64 bits per heavy atom. The van der Waals surface area contributed by atoms with Crippen molar-refractivity contribution in [3.05, 3.63) is 59.7 Å². The van der Waals surface area contributed by atoms with Gasteiger partial charge in [-0.25, -0.2) is 0 Å². The zero-order chi connectivity index (χ0) is 19.6. The fourth-order valence-corrected chi connectivity index (χ4v) is 5.57. The first-order valence-electron chi connectivity index (χ1n) is 11.0. The molecule has 0 N–H and O–H groups in total. The Morgan fingerprint density at radius 3 is 2.29 bits per heavy atom. The molecule has 0 spiro atoms. The van der Waals surface area contributed by atoms with E-state index in [2.05, 4.69) is 62.0 Å². The predicted octanol–water partition coefficient (Wildman–Crippen LogP) is 5.77. The monoisotopic (exact) mass is 406 g/mol. The van der Waals surface area contributed by atoms with Gasteiger partial charge in [0.2, 0.25) is 0 Å². The van der Waals surface area contributed by atoms with E-state index >= 15 is 0 Å². The van der Waals surface area contributed by atoms with Gasteiger partial charge in [0.15, 0.2) is 0 Å². The Morgan fingerprint density at radius 1 is 0.929 bits per heavy atom. The van der Waals surface area contributed by atoms with E-state index in [1.807, 2.05) is 0 Å². The van der Waals surface area contributed by atoms with Gasteiger partial charge in [-0.05, 0) is 61.3 Å². The SMILES string of the molecule is CCCCC1CCC(c2ccc([Si]Cc3ccc(OC[Si]C)cc3)cc2)CC1. The lowest BCUT2D eigenvalue weighted by Gasteiger charge is -2.29. The number of hydrogen-bond donors (Lipinski definition) is 0. The maximum Gasteiger partial charge on any atom is 0.118 e. The summed E-state index contributed by atoms with van der Waals surface area (Å²) < 4.78 is 5.68. The number of ether oxygens (including phenoxy) is 1. The molecule has 3 heteroatoms. The van der Waals surface area contributed by atoms with Gasteiger partial charge in [-0.3, -0.25) is 0 Å². The van der Waals surface area contributed by atoms with Crippen LogP contribution in [0.3, 0.4) is 0 Å². The maximum absolute atomic E-state index is 5.68. The van der Waals surface area contributed by atoms with Gasteiger partial charge in [0, 0.05) is 0 Å². The minimum absolute atomic E-state index is 0.798. The molecule has 28 heavy (non-hydrogen) atoms. The van der Waals surface area contributed by atoms with E-state index in [0.717, 1.165) is 48.9 Å². The van der Waals surface area contributed by atoms with Crippen LogP contribution in [0.4, 0.5) is 0 Å². The normalized spacial score (nSPS) is 19.5. The van der Waals surface area contributed by atoms with Gasteiger partial charge in [-0.1, -0.05) is 79.9 Å². The van der Waals surface area contributed by atoms with Gasteiger partial charge in [0.1, 0.15) is 5.75 Å². The van der Waals surface area contributed by atoms with E-state index in [-0.39, 0.29) is 0 Å². The topological polar surface area (TPSA) is 9.23 Å². The van der Waals surface area contributed by atoms with Crippen LogP contribution in [0.2, 0.25) is 6.55 Å². The van der Waals surface area contributed by atoms with Crippen LogP contribution in [0.1, 0.15) is 68.9 Å². The van der Waals surface area contributed by atoms with Crippen LogP contribution in [-0.2, 0) is 6.04 Å². The molecule has 0 unspecified atom stereocenters. The second-order valence-corrected chi connectivity index (χ2v) is 10.4. The molecule has 1 aliphatic carbocycles. The molecule has 0 atom stereocenters. The summed E-state index contributed by atoms with van der Waals surface area (Å²) in [5.41, 5.74) is 2.97. The molecule has 0 heterocycles. The van der Waals surface area contributed by atoms with E-state index in [4.69, 9.17) is 4.74 Å². The van der Waals surface area contributed by atoms with E-state index in [1.54, 1.807) is 5.56 Å². The first-order chi connectivity index (χ1) is 13.8. The van der Waals surface area contributed by atoms with Crippen molar-refractivity contribution in [2.24, 2.45) is 5.92 Å². The molecule has 2 aromatic carbocycles. The molecular weight excluding hydrogens is 372 g/mol. The molecule has 4 radical (unpaired) electrons. The number of hydrogen-bond acceptors (Lipinski definition) is 1. The summed E-state index contributed by atoms with van der Waals surface area (Å²) in [6.07, 6.45) is 10.7. The standard InChI is InChI=1S/C25H34OSi2/c1-3-4-5-20-6-10-22(11-7-20)23-12-16-25(17-13-23)28-18-21-8-14-24(15-9-21)26-19-27-2/h8-9,12-17,20,22H,3-7,10-11,18-19H2,1-2H3. The summed E-state index contributed by atoms with van der Waals surface area (Å²) in [5.74, 6) is 2.79. The van der Waals surface area contributed by atoms with Gasteiger partial charge in [0.05, 0.1) is 25.3 Å². The van der Waals surface area contributed by atoms with Crippen LogP contribution in [0, 0.1) is 5.92 Å². The maximum atomic E-state index is 5.68. The highest BCUT2D eigenvalue weighted by atomic mass is 28.2. The van der Waals surface area contributed by atoms with Crippen molar-refractivity contribution in [3.8, 4) is 5.75 Å². The van der Waals surface area contributed by atoms with E-state index < -0.39 is 0 Å². The molecule has 1 fully saturated rings. The zero-order valence-electron chi connectivity index (χ0n) is 17.5. The minimum Gasteiger partial charge on any atom is -0.498 e. The van der Waals surface area contributed by atoms with Gasteiger partial charge in [-0.15, -0.1) is 0 Å². The Balaban J connectivity index is 1.44. The third kappa shape index (κ3) is 6.63. The van der Waals surface area contributed by atoms with Crippen molar-refractivity contribution in [3.63, 3.8) is 0 Å². The van der Waals surface area contributed by atoms with E-state index in [9.17, 15) is 0 Å². The van der Waals surface area contributed by atoms with Crippen molar-refractivity contribution in [2.45, 2.75) is 70.4 Å². The highest BCUT2D eigenvalue weighted by Crippen LogP contribution is 2.37. The Bertz CT molecular complexity index is 673. The van der Waals surface area contributed by atoms with Crippen LogP contribution in [0.15, 0.2) is 48.5 Å². The van der Waals surface area contributed by atoms with Gasteiger partial charge < -0.3 is 4.74 Å². The van der Waals surface area contributed by atoms with Crippen LogP contribution in [-0.4, -0.2) is 25.3 Å². The van der Waals surface area contributed by atoms with Crippen molar-refractivity contribution in [2.75, 3.05) is 6.23 Å². The fourth-order valence-electron chi connectivity index (χ4n) is 4.21. The zero-order valence-corrected chi connectivity index (χ0v) is 19.5. The summed E-state index contributed by atoms with van der Waals surface area (Å²) in [4.78, 5) is 0. The average Bonchev–Trinajstić information content (AvgIpc) is 2.76. The first kappa shape index (κ1) is 21.4. The second-order valence-electron chi connectivity index (χ2n) is 8.12. The first-order valence-corrected chi connectivity index (χ1v) is 13.9. The van der Waals surface area contributed by atoms with E-state index in [0.29, 0.717) is 0 Å². The van der Waals surface area contributed by atoms with E-state index in [1.165, 1.54) is 55.7 Å². The molecule has 0 saturated heterocycles. The van der Waals surface area contributed by atoms with Crippen LogP contribution >= 0.6 is 0 Å². The summed E-state index contributed by atoms with van der Waals surface area (Å²) in [5, 5.41) is 1.48. The Kier molecular flexibility index (Phi) is 8.88. The van der Waals surface area contributed by atoms with Crippen LogP contribution < -0.4 is 9.92 Å². The molecule has 0 aromatic heterocycles.